The zero-order valence-electron chi connectivity index (χ0n) is 14.9. The molecule has 2 amide bonds. The van der Waals surface area contributed by atoms with E-state index in [1.54, 1.807) is 18.7 Å². The van der Waals surface area contributed by atoms with Gasteiger partial charge in [-0.05, 0) is 25.0 Å². The first-order valence-electron chi connectivity index (χ1n) is 8.66. The Bertz CT molecular complexity index is 816. The van der Waals surface area contributed by atoms with Crippen LogP contribution in [0.4, 0.5) is 4.79 Å². The molecule has 3 rings (SSSR count). The van der Waals surface area contributed by atoms with Gasteiger partial charge in [-0.2, -0.15) is 0 Å². The zero-order chi connectivity index (χ0) is 18.5. The van der Waals surface area contributed by atoms with Gasteiger partial charge >= 0.3 is 12.0 Å². The van der Waals surface area contributed by atoms with Crippen LogP contribution in [0.5, 0.6) is 0 Å². The van der Waals surface area contributed by atoms with Crippen molar-refractivity contribution in [1.82, 2.24) is 10.2 Å². The second-order valence-electron chi connectivity index (χ2n) is 6.08. The van der Waals surface area contributed by atoms with Crippen LogP contribution in [0.15, 0.2) is 71.9 Å². The standard InChI is InChI=1S/C21H22N2O3/c1-3-26-20(24)18-15(2)23(14-16-10-6-4-7-11-16)21(25)22-19(18)17-12-8-5-9-13-17/h4-13,19H,3,14H2,1-2H3,(H,22,25). The highest BCUT2D eigenvalue weighted by molar-refractivity contribution is 5.95. The van der Waals surface area contributed by atoms with Gasteiger partial charge in [0.25, 0.3) is 0 Å². The largest absolute Gasteiger partial charge is 0.463 e. The highest BCUT2D eigenvalue weighted by Gasteiger charge is 2.36. The van der Waals surface area contributed by atoms with Crippen molar-refractivity contribution in [2.75, 3.05) is 6.61 Å². The fourth-order valence-electron chi connectivity index (χ4n) is 3.11. The molecular formula is C21H22N2O3. The Morgan fingerprint density at radius 1 is 1.08 bits per heavy atom. The summed E-state index contributed by atoms with van der Waals surface area (Å²) in [6.07, 6.45) is 0. The first kappa shape index (κ1) is 17.7. The molecule has 1 unspecified atom stereocenters. The Morgan fingerprint density at radius 3 is 2.31 bits per heavy atom. The summed E-state index contributed by atoms with van der Waals surface area (Å²) in [7, 11) is 0. The summed E-state index contributed by atoms with van der Waals surface area (Å²) >= 11 is 0. The normalized spacial score (nSPS) is 17.1. The number of esters is 1. The monoisotopic (exact) mass is 350 g/mol. The van der Waals surface area contributed by atoms with E-state index in [9.17, 15) is 9.59 Å². The van der Waals surface area contributed by atoms with Crippen molar-refractivity contribution in [1.29, 1.82) is 0 Å². The van der Waals surface area contributed by atoms with Crippen molar-refractivity contribution in [2.24, 2.45) is 0 Å². The number of ether oxygens (including phenoxy) is 1. The molecule has 1 atom stereocenters. The van der Waals surface area contributed by atoms with Crippen LogP contribution in [0.1, 0.15) is 31.0 Å². The van der Waals surface area contributed by atoms with Crippen LogP contribution in [-0.4, -0.2) is 23.5 Å². The molecule has 5 nitrogen and oxygen atoms in total. The first-order valence-corrected chi connectivity index (χ1v) is 8.66. The van der Waals surface area contributed by atoms with Crippen molar-refractivity contribution in [3.8, 4) is 0 Å². The molecule has 1 N–H and O–H groups in total. The summed E-state index contributed by atoms with van der Waals surface area (Å²) in [5, 5.41) is 2.95. The van der Waals surface area contributed by atoms with E-state index in [0.717, 1.165) is 11.1 Å². The number of hydrogen-bond donors (Lipinski definition) is 1. The van der Waals surface area contributed by atoms with Crippen LogP contribution >= 0.6 is 0 Å². The van der Waals surface area contributed by atoms with E-state index < -0.39 is 12.0 Å². The number of nitrogens with one attached hydrogen (secondary N) is 1. The minimum atomic E-state index is -0.519. The number of carbonyl (C=O) groups excluding carboxylic acids is 2. The molecule has 1 aliphatic rings. The number of carbonyl (C=O) groups is 2. The molecule has 0 bridgehead atoms. The Morgan fingerprint density at radius 2 is 1.69 bits per heavy atom. The average molecular weight is 350 g/mol. The van der Waals surface area contributed by atoms with Gasteiger partial charge in [0, 0.05) is 5.70 Å². The third-order valence-corrected chi connectivity index (χ3v) is 4.41. The maximum atomic E-state index is 12.7. The topological polar surface area (TPSA) is 58.6 Å². The number of nitrogens with zero attached hydrogens (tertiary/aromatic N) is 1. The molecule has 0 aromatic heterocycles. The summed E-state index contributed by atoms with van der Waals surface area (Å²) in [5.74, 6) is -0.406. The number of urea groups is 1. The van der Waals surface area contributed by atoms with Gasteiger partial charge in [0.15, 0.2) is 0 Å². The Balaban J connectivity index is 2.01. The van der Waals surface area contributed by atoms with Crippen LogP contribution in [0.3, 0.4) is 0 Å². The molecule has 2 aromatic rings. The lowest BCUT2D eigenvalue weighted by molar-refractivity contribution is -0.139. The van der Waals surface area contributed by atoms with E-state index in [1.807, 2.05) is 60.7 Å². The lowest BCUT2D eigenvalue weighted by Gasteiger charge is -2.35. The Labute approximate surface area is 153 Å². The molecule has 0 saturated heterocycles. The molecule has 0 saturated carbocycles. The predicted octanol–water partition coefficient (Wildman–Crippen LogP) is 3.79. The third-order valence-electron chi connectivity index (χ3n) is 4.41. The van der Waals surface area contributed by atoms with Gasteiger partial charge in [-0.15, -0.1) is 0 Å². The molecule has 1 heterocycles. The van der Waals surface area contributed by atoms with E-state index in [-0.39, 0.29) is 12.6 Å². The van der Waals surface area contributed by atoms with Crippen LogP contribution in [0, 0.1) is 0 Å². The number of rotatable bonds is 5. The van der Waals surface area contributed by atoms with Gasteiger partial charge < -0.3 is 10.1 Å². The first-order chi connectivity index (χ1) is 12.6. The molecule has 0 fully saturated rings. The smallest absolute Gasteiger partial charge is 0.338 e. The molecule has 26 heavy (non-hydrogen) atoms. The molecule has 1 aliphatic heterocycles. The molecular weight excluding hydrogens is 328 g/mol. The van der Waals surface area contributed by atoms with E-state index in [1.165, 1.54) is 0 Å². The lowest BCUT2D eigenvalue weighted by Crippen LogP contribution is -2.47. The minimum absolute atomic E-state index is 0.228. The average Bonchev–Trinajstić information content (AvgIpc) is 2.66. The highest BCUT2D eigenvalue weighted by atomic mass is 16.5. The quantitative estimate of drug-likeness (QED) is 0.835. The van der Waals surface area contributed by atoms with Gasteiger partial charge in [0.05, 0.1) is 24.8 Å². The van der Waals surface area contributed by atoms with Gasteiger partial charge in [-0.25, -0.2) is 9.59 Å². The molecule has 0 aliphatic carbocycles. The molecule has 0 spiro atoms. The van der Waals surface area contributed by atoms with Crippen molar-refractivity contribution in [3.05, 3.63) is 83.1 Å². The fraction of sp³-hybridized carbons (Fsp3) is 0.238. The van der Waals surface area contributed by atoms with Crippen LogP contribution < -0.4 is 5.32 Å². The summed E-state index contributed by atoms with van der Waals surface area (Å²) in [5.41, 5.74) is 2.92. The van der Waals surface area contributed by atoms with Crippen molar-refractivity contribution in [2.45, 2.75) is 26.4 Å². The number of allylic oxidation sites excluding steroid dienone is 1. The predicted molar refractivity (Wildman–Crippen MR) is 99.0 cm³/mol. The van der Waals surface area contributed by atoms with E-state index >= 15 is 0 Å². The van der Waals surface area contributed by atoms with Crippen molar-refractivity contribution in [3.63, 3.8) is 0 Å². The Kier molecular flexibility index (Phi) is 5.37. The molecule has 2 aromatic carbocycles. The van der Waals surface area contributed by atoms with Crippen molar-refractivity contribution < 1.29 is 14.3 Å². The third kappa shape index (κ3) is 3.61. The molecule has 134 valence electrons. The lowest BCUT2D eigenvalue weighted by atomic mass is 9.94. The highest BCUT2D eigenvalue weighted by Crippen LogP contribution is 2.32. The van der Waals surface area contributed by atoms with Crippen molar-refractivity contribution >= 4 is 12.0 Å². The molecule has 0 radical (unpaired) electrons. The zero-order valence-corrected chi connectivity index (χ0v) is 14.9. The second kappa shape index (κ2) is 7.87. The number of hydrogen-bond acceptors (Lipinski definition) is 3. The number of benzene rings is 2. The maximum Gasteiger partial charge on any atom is 0.338 e. The number of amides is 2. The molecule has 5 heteroatoms. The van der Waals surface area contributed by atoms with Gasteiger partial charge in [-0.1, -0.05) is 60.7 Å². The summed E-state index contributed by atoms with van der Waals surface area (Å²) in [6, 6.07) is 18.4. The SMILES string of the molecule is CCOC(=O)C1=C(C)N(Cc2ccccc2)C(=O)NC1c1ccccc1. The van der Waals surface area contributed by atoms with Crippen LogP contribution in [0.25, 0.3) is 0 Å². The van der Waals surface area contributed by atoms with Gasteiger partial charge in [-0.3, -0.25) is 4.90 Å². The second-order valence-corrected chi connectivity index (χ2v) is 6.08. The summed E-state index contributed by atoms with van der Waals surface area (Å²) in [4.78, 5) is 27.0. The van der Waals surface area contributed by atoms with Gasteiger partial charge in [0.2, 0.25) is 0 Å². The van der Waals surface area contributed by atoms with Crippen LogP contribution in [-0.2, 0) is 16.1 Å². The van der Waals surface area contributed by atoms with Gasteiger partial charge in [0.1, 0.15) is 0 Å². The maximum absolute atomic E-state index is 12.7. The summed E-state index contributed by atoms with van der Waals surface area (Å²) < 4.78 is 5.26. The van der Waals surface area contributed by atoms with Crippen LogP contribution in [0.2, 0.25) is 0 Å². The van der Waals surface area contributed by atoms with E-state index in [2.05, 4.69) is 5.32 Å². The summed E-state index contributed by atoms with van der Waals surface area (Å²) in [6.45, 7) is 4.24. The van der Waals surface area contributed by atoms with E-state index in [0.29, 0.717) is 17.8 Å². The Hall–Kier alpha value is -3.08. The minimum Gasteiger partial charge on any atom is -0.463 e. The van der Waals surface area contributed by atoms with E-state index in [4.69, 9.17) is 4.74 Å². The fourth-order valence-corrected chi connectivity index (χ4v) is 3.11.